The molecule has 27 heavy (non-hydrogen) atoms. The summed E-state index contributed by atoms with van der Waals surface area (Å²) in [6, 6.07) is 17.1. The van der Waals surface area contributed by atoms with E-state index < -0.39 is 16.0 Å². The summed E-state index contributed by atoms with van der Waals surface area (Å²) in [4.78, 5) is 25.6. The Morgan fingerprint density at radius 2 is 1.59 bits per heavy atom. The molecule has 1 N–H and O–H groups in total. The van der Waals surface area contributed by atoms with Gasteiger partial charge in [0.2, 0.25) is 15.9 Å². The number of esters is 1. The van der Waals surface area contributed by atoms with Gasteiger partial charge in [-0.1, -0.05) is 48.5 Å². The number of sulfonamides is 1. The molecule has 0 unspecified atom stereocenters. The van der Waals surface area contributed by atoms with Crippen LogP contribution in [0.15, 0.2) is 65.6 Å². The van der Waals surface area contributed by atoms with Crippen molar-refractivity contribution in [2.45, 2.75) is 17.9 Å². The number of nitrogens with one attached hydrogen (secondary N) is 1. The third-order valence-corrected chi connectivity index (χ3v) is 5.28. The van der Waals surface area contributed by atoms with E-state index in [9.17, 15) is 18.0 Å². The summed E-state index contributed by atoms with van der Waals surface area (Å²) in [5, 5.41) is 0. The minimum absolute atomic E-state index is 0.0669. The number of methoxy groups -OCH3 is 1. The molecule has 8 heteroatoms. The van der Waals surface area contributed by atoms with Crippen LogP contribution in [-0.2, 0) is 30.9 Å². The van der Waals surface area contributed by atoms with Gasteiger partial charge in [0.05, 0.1) is 12.0 Å². The van der Waals surface area contributed by atoms with Gasteiger partial charge >= 0.3 is 5.97 Å². The molecule has 0 aliphatic rings. The topological polar surface area (TPSA) is 92.8 Å². The SMILES string of the molecule is COC(=O)CN(Cc1ccccc1)C(=O)CCNS(=O)(=O)c1ccccc1. The molecule has 144 valence electrons. The van der Waals surface area contributed by atoms with E-state index in [0.717, 1.165) is 5.56 Å². The summed E-state index contributed by atoms with van der Waals surface area (Å²) < 4.78 is 31.4. The molecule has 1 amide bonds. The van der Waals surface area contributed by atoms with Gasteiger partial charge < -0.3 is 9.64 Å². The second-order valence-electron chi connectivity index (χ2n) is 5.77. The van der Waals surface area contributed by atoms with Crippen LogP contribution in [-0.4, -0.2) is 45.4 Å². The van der Waals surface area contributed by atoms with E-state index in [1.807, 2.05) is 30.3 Å². The molecule has 0 spiro atoms. The smallest absolute Gasteiger partial charge is 0.325 e. The standard InChI is InChI=1S/C19H22N2O5S/c1-26-19(23)15-21(14-16-8-4-2-5-9-16)18(22)12-13-20-27(24,25)17-10-6-3-7-11-17/h2-11,20H,12-15H2,1H3. The number of hydrogen-bond acceptors (Lipinski definition) is 5. The number of rotatable bonds is 9. The van der Waals surface area contributed by atoms with Crippen LogP contribution in [0.5, 0.6) is 0 Å². The fraction of sp³-hybridized carbons (Fsp3) is 0.263. The van der Waals surface area contributed by atoms with Gasteiger partial charge in [-0.2, -0.15) is 0 Å². The minimum Gasteiger partial charge on any atom is -0.468 e. The molecule has 0 aromatic heterocycles. The van der Waals surface area contributed by atoms with Crippen LogP contribution in [0.4, 0.5) is 0 Å². The van der Waals surface area contributed by atoms with Gasteiger partial charge in [0.15, 0.2) is 0 Å². The quantitative estimate of drug-likeness (QED) is 0.656. The normalized spacial score (nSPS) is 11.0. The zero-order valence-electron chi connectivity index (χ0n) is 15.0. The molecule has 0 saturated heterocycles. The van der Waals surface area contributed by atoms with E-state index in [2.05, 4.69) is 9.46 Å². The molecule has 0 radical (unpaired) electrons. The van der Waals surface area contributed by atoms with E-state index in [1.54, 1.807) is 18.2 Å². The van der Waals surface area contributed by atoms with Crippen LogP contribution in [0.25, 0.3) is 0 Å². The zero-order chi connectivity index (χ0) is 19.7. The van der Waals surface area contributed by atoms with Crippen molar-refractivity contribution in [1.29, 1.82) is 0 Å². The summed E-state index contributed by atoms with van der Waals surface area (Å²) in [6.07, 6.45) is -0.0735. The molecule has 0 atom stereocenters. The maximum Gasteiger partial charge on any atom is 0.325 e. The molecular formula is C19H22N2O5S. The second-order valence-corrected chi connectivity index (χ2v) is 7.54. The highest BCUT2D eigenvalue weighted by Crippen LogP contribution is 2.09. The molecule has 0 saturated carbocycles. The average molecular weight is 390 g/mol. The summed E-state index contributed by atoms with van der Waals surface area (Å²) in [7, 11) is -2.43. The summed E-state index contributed by atoms with van der Waals surface area (Å²) in [5.41, 5.74) is 0.861. The Kier molecular flexibility index (Phi) is 7.51. The lowest BCUT2D eigenvalue weighted by Gasteiger charge is -2.21. The van der Waals surface area contributed by atoms with Gasteiger partial charge in [-0.15, -0.1) is 0 Å². The molecule has 7 nitrogen and oxygen atoms in total. The van der Waals surface area contributed by atoms with Crippen molar-refractivity contribution in [2.75, 3.05) is 20.2 Å². The van der Waals surface area contributed by atoms with Crippen LogP contribution >= 0.6 is 0 Å². The molecule has 2 rings (SSSR count). The molecule has 2 aromatic carbocycles. The predicted octanol–water partition coefficient (Wildman–Crippen LogP) is 1.56. The fourth-order valence-electron chi connectivity index (χ4n) is 2.39. The molecule has 0 aliphatic heterocycles. The van der Waals surface area contributed by atoms with E-state index in [1.165, 1.54) is 24.1 Å². The van der Waals surface area contributed by atoms with Gasteiger partial charge in [-0.25, -0.2) is 13.1 Å². The largest absolute Gasteiger partial charge is 0.468 e. The first-order valence-corrected chi connectivity index (χ1v) is 9.84. The molecule has 0 heterocycles. The number of hydrogen-bond donors (Lipinski definition) is 1. The van der Waals surface area contributed by atoms with Crippen molar-refractivity contribution < 1.29 is 22.7 Å². The zero-order valence-corrected chi connectivity index (χ0v) is 15.8. The van der Waals surface area contributed by atoms with Crippen LogP contribution in [0.2, 0.25) is 0 Å². The molecule has 0 bridgehead atoms. The van der Waals surface area contributed by atoms with Gasteiger partial charge in [-0.3, -0.25) is 9.59 Å². The Balaban J connectivity index is 1.97. The maximum atomic E-state index is 12.5. The Labute approximate surface area is 159 Å². The Hall–Kier alpha value is -2.71. The lowest BCUT2D eigenvalue weighted by molar-refractivity contribution is -0.147. The average Bonchev–Trinajstić information content (AvgIpc) is 2.68. The number of benzene rings is 2. The fourth-order valence-corrected chi connectivity index (χ4v) is 3.44. The number of ether oxygens (including phenoxy) is 1. The Bertz CT molecular complexity index is 854. The van der Waals surface area contributed by atoms with E-state index in [-0.39, 0.29) is 36.9 Å². The minimum atomic E-state index is -3.68. The highest BCUT2D eigenvalue weighted by Gasteiger charge is 2.19. The van der Waals surface area contributed by atoms with Crippen molar-refractivity contribution in [3.63, 3.8) is 0 Å². The van der Waals surface area contributed by atoms with Crippen molar-refractivity contribution in [2.24, 2.45) is 0 Å². The predicted molar refractivity (Wildman–Crippen MR) is 100 cm³/mol. The van der Waals surface area contributed by atoms with E-state index in [0.29, 0.717) is 0 Å². The first kappa shape index (κ1) is 20.6. The van der Waals surface area contributed by atoms with Gasteiger partial charge in [0.25, 0.3) is 0 Å². The molecule has 0 fully saturated rings. The van der Waals surface area contributed by atoms with Gasteiger partial charge in [0.1, 0.15) is 6.54 Å². The van der Waals surface area contributed by atoms with Crippen LogP contribution in [0, 0.1) is 0 Å². The van der Waals surface area contributed by atoms with E-state index in [4.69, 9.17) is 0 Å². The number of carbonyl (C=O) groups is 2. The van der Waals surface area contributed by atoms with Crippen LogP contribution < -0.4 is 4.72 Å². The monoisotopic (exact) mass is 390 g/mol. The van der Waals surface area contributed by atoms with Gasteiger partial charge in [-0.05, 0) is 17.7 Å². The number of carbonyl (C=O) groups excluding carboxylic acids is 2. The third kappa shape index (κ3) is 6.50. The summed E-state index contributed by atoms with van der Waals surface area (Å²) in [6.45, 7) is -0.0294. The van der Waals surface area contributed by atoms with Gasteiger partial charge in [0, 0.05) is 19.5 Å². The van der Waals surface area contributed by atoms with E-state index >= 15 is 0 Å². The highest BCUT2D eigenvalue weighted by molar-refractivity contribution is 7.89. The summed E-state index contributed by atoms with van der Waals surface area (Å²) >= 11 is 0. The van der Waals surface area contributed by atoms with Crippen molar-refractivity contribution in [3.8, 4) is 0 Å². The highest BCUT2D eigenvalue weighted by atomic mass is 32.2. The van der Waals surface area contributed by atoms with Crippen molar-refractivity contribution in [3.05, 3.63) is 66.2 Å². The maximum absolute atomic E-state index is 12.5. The van der Waals surface area contributed by atoms with Crippen LogP contribution in [0.1, 0.15) is 12.0 Å². The molecule has 2 aromatic rings. The Morgan fingerprint density at radius 3 is 2.19 bits per heavy atom. The second kappa shape index (κ2) is 9.84. The van der Waals surface area contributed by atoms with Crippen molar-refractivity contribution in [1.82, 2.24) is 9.62 Å². The summed E-state index contributed by atoms with van der Waals surface area (Å²) in [5.74, 6) is -0.885. The molecular weight excluding hydrogens is 368 g/mol. The lowest BCUT2D eigenvalue weighted by atomic mass is 10.2. The lowest BCUT2D eigenvalue weighted by Crippen LogP contribution is -2.37. The Morgan fingerprint density at radius 1 is 1.00 bits per heavy atom. The first-order chi connectivity index (χ1) is 12.9. The van der Waals surface area contributed by atoms with Crippen molar-refractivity contribution >= 4 is 21.9 Å². The first-order valence-electron chi connectivity index (χ1n) is 8.35. The number of nitrogens with zero attached hydrogens (tertiary/aromatic N) is 1. The van der Waals surface area contributed by atoms with Crippen LogP contribution in [0.3, 0.4) is 0 Å². The molecule has 0 aliphatic carbocycles. The number of amides is 1. The third-order valence-electron chi connectivity index (χ3n) is 3.80.